The summed E-state index contributed by atoms with van der Waals surface area (Å²) in [5.41, 5.74) is 4.17. The zero-order valence-electron chi connectivity index (χ0n) is 19.2. The van der Waals surface area contributed by atoms with Gasteiger partial charge in [-0.3, -0.25) is 9.59 Å². The molecule has 2 aromatic rings. The molecule has 0 radical (unpaired) electrons. The zero-order chi connectivity index (χ0) is 24.9. The summed E-state index contributed by atoms with van der Waals surface area (Å²) in [7, 11) is 0. The van der Waals surface area contributed by atoms with Crippen molar-refractivity contribution in [2.45, 2.75) is 44.1 Å². The van der Waals surface area contributed by atoms with E-state index in [0.717, 1.165) is 22.3 Å². The molecule has 1 fully saturated rings. The lowest BCUT2D eigenvalue weighted by Crippen LogP contribution is -2.49. The molecule has 7 nitrogen and oxygen atoms in total. The highest BCUT2D eigenvalue weighted by Crippen LogP contribution is 2.44. The van der Waals surface area contributed by atoms with Crippen molar-refractivity contribution in [1.29, 1.82) is 0 Å². The number of carboxylic acids is 1. The van der Waals surface area contributed by atoms with E-state index in [1.807, 2.05) is 48.5 Å². The molecule has 35 heavy (non-hydrogen) atoms. The number of rotatable bonds is 9. The number of alkyl carbamates (subject to hydrolysis) is 1. The molecular weight excluding hydrogens is 458 g/mol. The van der Waals surface area contributed by atoms with Crippen molar-refractivity contribution >= 4 is 18.0 Å². The summed E-state index contributed by atoms with van der Waals surface area (Å²) < 4.78 is 31.8. The molecule has 0 spiro atoms. The molecule has 2 amide bonds. The summed E-state index contributed by atoms with van der Waals surface area (Å²) in [4.78, 5) is 37.7. The lowest BCUT2D eigenvalue weighted by atomic mass is 9.98. The van der Waals surface area contributed by atoms with Gasteiger partial charge >= 0.3 is 12.1 Å². The normalized spacial score (nSPS) is 17.7. The highest BCUT2D eigenvalue weighted by Gasteiger charge is 2.34. The summed E-state index contributed by atoms with van der Waals surface area (Å²) >= 11 is 0. The number of hydrogen-bond donors (Lipinski definition) is 2. The minimum Gasteiger partial charge on any atom is -0.481 e. The van der Waals surface area contributed by atoms with Gasteiger partial charge in [-0.25, -0.2) is 13.6 Å². The molecular formula is C26H28F2N2O5. The maximum absolute atomic E-state index is 13.2. The van der Waals surface area contributed by atoms with Crippen molar-refractivity contribution in [1.82, 2.24) is 10.2 Å². The van der Waals surface area contributed by atoms with Crippen molar-refractivity contribution in [3.8, 4) is 11.1 Å². The number of likely N-dealkylation sites (tertiary alicyclic amines) is 1. The van der Waals surface area contributed by atoms with E-state index in [2.05, 4.69) is 5.32 Å². The van der Waals surface area contributed by atoms with Crippen LogP contribution in [-0.2, 0) is 14.3 Å². The van der Waals surface area contributed by atoms with Crippen molar-refractivity contribution in [3.63, 3.8) is 0 Å². The van der Waals surface area contributed by atoms with E-state index in [1.165, 1.54) is 4.90 Å². The summed E-state index contributed by atoms with van der Waals surface area (Å²) in [5, 5.41) is 11.2. The molecule has 4 rings (SSSR count). The van der Waals surface area contributed by atoms with Crippen LogP contribution in [0, 0.1) is 5.92 Å². The standard InChI is InChI=1S/C26H28F2N2O5/c27-23(28)13-22(25(33)30-12-11-16(14-30)9-10-24(31)32)29-26(34)35-15-21-19-7-3-1-5-17(19)18-6-2-4-8-20(18)21/h1-8,16,21-23H,9-15H2,(H,29,34)(H,31,32). The van der Waals surface area contributed by atoms with E-state index >= 15 is 0 Å². The minimum absolute atomic E-state index is 0.00305. The lowest BCUT2D eigenvalue weighted by molar-refractivity contribution is -0.137. The Morgan fingerprint density at radius 3 is 2.29 bits per heavy atom. The van der Waals surface area contributed by atoms with Crippen LogP contribution in [0.5, 0.6) is 0 Å². The predicted octanol–water partition coefficient (Wildman–Crippen LogP) is 4.26. The van der Waals surface area contributed by atoms with E-state index in [0.29, 0.717) is 19.4 Å². The van der Waals surface area contributed by atoms with Gasteiger partial charge in [-0.05, 0) is 41.0 Å². The fraction of sp³-hybridized carbons (Fsp3) is 0.423. The molecule has 2 unspecified atom stereocenters. The Hall–Kier alpha value is -3.49. The van der Waals surface area contributed by atoms with E-state index in [-0.39, 0.29) is 31.4 Å². The Bertz CT molecular complexity index is 1050. The topological polar surface area (TPSA) is 95.9 Å². The lowest BCUT2D eigenvalue weighted by Gasteiger charge is -2.24. The molecule has 2 aromatic carbocycles. The second-order valence-electron chi connectivity index (χ2n) is 9.02. The zero-order valence-corrected chi connectivity index (χ0v) is 19.2. The molecule has 186 valence electrons. The maximum Gasteiger partial charge on any atom is 0.407 e. The van der Waals surface area contributed by atoms with Crippen molar-refractivity contribution in [3.05, 3.63) is 59.7 Å². The van der Waals surface area contributed by atoms with Crippen molar-refractivity contribution in [2.24, 2.45) is 5.92 Å². The van der Waals surface area contributed by atoms with Gasteiger partial charge in [-0.15, -0.1) is 0 Å². The van der Waals surface area contributed by atoms with Crippen LogP contribution < -0.4 is 5.32 Å². The van der Waals surface area contributed by atoms with Gasteiger partial charge in [0, 0.05) is 31.8 Å². The highest BCUT2D eigenvalue weighted by molar-refractivity contribution is 5.86. The Morgan fingerprint density at radius 1 is 1.06 bits per heavy atom. The van der Waals surface area contributed by atoms with Crippen LogP contribution >= 0.6 is 0 Å². The molecule has 0 bridgehead atoms. The number of benzene rings is 2. The number of amides is 2. The van der Waals surface area contributed by atoms with Gasteiger partial charge in [0.15, 0.2) is 0 Å². The van der Waals surface area contributed by atoms with Gasteiger partial charge < -0.3 is 20.1 Å². The average molecular weight is 487 g/mol. The second-order valence-corrected chi connectivity index (χ2v) is 9.02. The summed E-state index contributed by atoms with van der Waals surface area (Å²) in [6, 6.07) is 14.2. The SMILES string of the molecule is O=C(O)CCC1CCN(C(=O)C(CC(F)F)NC(=O)OCC2c3ccccc3-c3ccccc32)C1. The Morgan fingerprint density at radius 2 is 1.69 bits per heavy atom. The minimum atomic E-state index is -2.79. The first-order valence-corrected chi connectivity index (χ1v) is 11.7. The molecule has 2 N–H and O–H groups in total. The Kier molecular flexibility index (Phi) is 7.63. The van der Waals surface area contributed by atoms with Gasteiger partial charge in [-0.1, -0.05) is 48.5 Å². The average Bonchev–Trinajstić information content (AvgIpc) is 3.43. The molecule has 1 saturated heterocycles. The molecule has 2 atom stereocenters. The summed E-state index contributed by atoms with van der Waals surface area (Å²) in [5.74, 6) is -1.71. The number of carboxylic acid groups (broad SMARTS) is 1. The molecule has 0 saturated carbocycles. The van der Waals surface area contributed by atoms with Crippen molar-refractivity contribution in [2.75, 3.05) is 19.7 Å². The first-order valence-electron chi connectivity index (χ1n) is 11.7. The number of nitrogens with one attached hydrogen (secondary N) is 1. The first kappa shape index (κ1) is 24.6. The number of alkyl halides is 2. The number of aliphatic carboxylic acids is 1. The molecule has 1 aliphatic carbocycles. The Balaban J connectivity index is 1.37. The third-order valence-corrected chi connectivity index (χ3v) is 6.71. The maximum atomic E-state index is 13.2. The van der Waals surface area contributed by atoms with Crippen LogP contribution in [0.1, 0.15) is 42.7 Å². The van der Waals surface area contributed by atoms with Crippen molar-refractivity contribution < 1.29 is 33.0 Å². The number of carbonyl (C=O) groups excluding carboxylic acids is 2. The first-order chi connectivity index (χ1) is 16.8. The highest BCUT2D eigenvalue weighted by atomic mass is 19.3. The van der Waals surface area contributed by atoms with Crippen LogP contribution in [0.4, 0.5) is 13.6 Å². The van der Waals surface area contributed by atoms with Crippen LogP contribution in [0.25, 0.3) is 11.1 Å². The number of carbonyl (C=O) groups is 3. The number of halogens is 2. The van der Waals surface area contributed by atoms with Crippen LogP contribution in [-0.4, -0.2) is 60.1 Å². The summed E-state index contributed by atoms with van der Waals surface area (Å²) in [6.07, 6.45) is -3.52. The number of fused-ring (bicyclic) bond motifs is 3. The molecule has 9 heteroatoms. The monoisotopic (exact) mass is 486 g/mol. The van der Waals surface area contributed by atoms with Gasteiger partial charge in [-0.2, -0.15) is 0 Å². The molecule has 1 heterocycles. The molecule has 1 aliphatic heterocycles. The predicted molar refractivity (Wildman–Crippen MR) is 124 cm³/mol. The van der Waals surface area contributed by atoms with E-state index < -0.39 is 36.9 Å². The van der Waals surface area contributed by atoms with Crippen LogP contribution in [0.2, 0.25) is 0 Å². The molecule has 2 aliphatic rings. The quantitative estimate of drug-likeness (QED) is 0.552. The summed E-state index contributed by atoms with van der Waals surface area (Å²) in [6.45, 7) is 0.643. The van der Waals surface area contributed by atoms with E-state index in [9.17, 15) is 23.2 Å². The van der Waals surface area contributed by atoms with Crippen LogP contribution in [0.15, 0.2) is 48.5 Å². The van der Waals surface area contributed by atoms with Gasteiger partial charge in [0.05, 0.1) is 0 Å². The number of nitrogens with zero attached hydrogens (tertiary/aromatic N) is 1. The van der Waals surface area contributed by atoms with Crippen LogP contribution in [0.3, 0.4) is 0 Å². The van der Waals surface area contributed by atoms with E-state index in [1.54, 1.807) is 0 Å². The smallest absolute Gasteiger partial charge is 0.407 e. The number of ether oxygens (including phenoxy) is 1. The van der Waals surface area contributed by atoms with Gasteiger partial charge in [0.1, 0.15) is 12.6 Å². The number of hydrogen-bond acceptors (Lipinski definition) is 4. The third-order valence-electron chi connectivity index (χ3n) is 6.71. The van der Waals surface area contributed by atoms with Gasteiger partial charge in [0.25, 0.3) is 0 Å². The second kappa shape index (κ2) is 10.8. The van der Waals surface area contributed by atoms with E-state index in [4.69, 9.17) is 9.84 Å². The Labute approximate surface area is 202 Å². The fourth-order valence-electron chi connectivity index (χ4n) is 5.00. The molecule has 0 aromatic heterocycles. The third kappa shape index (κ3) is 5.78. The van der Waals surface area contributed by atoms with Gasteiger partial charge in [0.2, 0.25) is 12.3 Å². The fourth-order valence-corrected chi connectivity index (χ4v) is 5.00. The largest absolute Gasteiger partial charge is 0.481 e.